The molecule has 2 amide bonds. The molecule has 0 saturated carbocycles. The van der Waals surface area contributed by atoms with Crippen molar-refractivity contribution in [1.82, 2.24) is 15.2 Å². The van der Waals surface area contributed by atoms with E-state index < -0.39 is 6.29 Å². The van der Waals surface area contributed by atoms with Gasteiger partial charge in [0.1, 0.15) is 11.5 Å². The lowest BCUT2D eigenvalue weighted by Crippen LogP contribution is -2.43. The summed E-state index contributed by atoms with van der Waals surface area (Å²) in [5, 5.41) is 15.5. The van der Waals surface area contributed by atoms with Gasteiger partial charge in [-0.05, 0) is 95.5 Å². The minimum absolute atomic E-state index is 0.00544. The molecule has 0 radical (unpaired) electrons. The van der Waals surface area contributed by atoms with E-state index in [9.17, 15) is 9.90 Å². The third kappa shape index (κ3) is 10.3. The largest absolute Gasteiger partial charge is 0.457 e. The van der Waals surface area contributed by atoms with E-state index in [-0.39, 0.29) is 30.8 Å². The molecule has 0 unspecified atom stereocenters. The second-order valence-corrected chi connectivity index (χ2v) is 14.2. The van der Waals surface area contributed by atoms with Crippen molar-refractivity contribution in [2.75, 3.05) is 25.5 Å². The predicted molar refractivity (Wildman–Crippen MR) is 219 cm³/mol. The molecule has 0 spiro atoms. The standard InChI is InChI=1S/C47H48N4O5/c1-33-44(31-51(2)27-25-40-14-6-7-26-48-40)55-46(56-45(33)36-19-17-34(32-52)18-20-36)39-13-9-12-38(29-39)37-11-8-10-35(28-37)30-49-47(53)50-41-21-23-43(24-22-41)54-42-15-4-3-5-16-42/h3-24,26,28-29,33,44-46,52H,25,27,30-32H2,1-2H3,(H2,49,50,53)/t33-,44+,45+,46+/m1/s1. The van der Waals surface area contributed by atoms with Crippen LogP contribution in [0.15, 0.2) is 152 Å². The number of benzene rings is 5. The van der Waals surface area contributed by atoms with Gasteiger partial charge in [0.2, 0.25) is 0 Å². The van der Waals surface area contributed by atoms with Gasteiger partial charge in [0.15, 0.2) is 6.29 Å². The maximum Gasteiger partial charge on any atom is 0.319 e. The summed E-state index contributed by atoms with van der Waals surface area (Å²) in [5.41, 5.74) is 7.58. The molecule has 2 heterocycles. The smallest absolute Gasteiger partial charge is 0.319 e. The Morgan fingerprint density at radius 3 is 2.25 bits per heavy atom. The second kappa shape index (κ2) is 18.7. The van der Waals surface area contributed by atoms with Crippen molar-refractivity contribution in [2.45, 2.75) is 45.0 Å². The number of anilines is 1. The molecule has 5 aromatic carbocycles. The molecule has 0 aliphatic carbocycles. The number of nitrogens with one attached hydrogen (secondary N) is 2. The first kappa shape index (κ1) is 38.4. The van der Waals surface area contributed by atoms with E-state index in [1.54, 1.807) is 0 Å². The molecule has 1 aliphatic heterocycles. The molecule has 1 aromatic heterocycles. The fourth-order valence-electron chi connectivity index (χ4n) is 6.89. The van der Waals surface area contributed by atoms with Crippen molar-refractivity contribution in [1.29, 1.82) is 0 Å². The Bertz CT molecular complexity index is 2150. The fraction of sp³-hybridized carbons (Fsp3) is 0.234. The van der Waals surface area contributed by atoms with Crippen molar-refractivity contribution in [3.63, 3.8) is 0 Å². The first-order chi connectivity index (χ1) is 27.4. The molecule has 1 saturated heterocycles. The lowest BCUT2D eigenvalue weighted by molar-refractivity contribution is -0.275. The first-order valence-corrected chi connectivity index (χ1v) is 19.1. The number of carbonyl (C=O) groups is 1. The number of carbonyl (C=O) groups excluding carboxylic acids is 1. The zero-order chi connectivity index (χ0) is 38.7. The summed E-state index contributed by atoms with van der Waals surface area (Å²) in [5.74, 6) is 1.51. The summed E-state index contributed by atoms with van der Waals surface area (Å²) < 4.78 is 19.4. The first-order valence-electron chi connectivity index (χ1n) is 19.1. The van der Waals surface area contributed by atoms with E-state index in [4.69, 9.17) is 14.2 Å². The van der Waals surface area contributed by atoms with Crippen LogP contribution in [0.2, 0.25) is 0 Å². The molecular formula is C47H48N4O5. The average Bonchev–Trinajstić information content (AvgIpc) is 3.24. The van der Waals surface area contributed by atoms with Crippen LogP contribution in [0.4, 0.5) is 10.5 Å². The minimum atomic E-state index is -0.588. The van der Waals surface area contributed by atoms with Crippen LogP contribution >= 0.6 is 0 Å². The molecule has 0 bridgehead atoms. The van der Waals surface area contributed by atoms with E-state index in [1.165, 1.54) is 0 Å². The Morgan fingerprint density at radius 2 is 1.50 bits per heavy atom. The van der Waals surface area contributed by atoms with E-state index in [2.05, 4.69) is 64.8 Å². The number of amides is 2. The van der Waals surface area contributed by atoms with E-state index in [0.717, 1.165) is 64.3 Å². The second-order valence-electron chi connectivity index (χ2n) is 14.2. The number of aromatic nitrogens is 1. The third-order valence-electron chi connectivity index (χ3n) is 10.1. The highest BCUT2D eigenvalue weighted by Crippen LogP contribution is 2.42. The molecule has 7 rings (SSSR count). The van der Waals surface area contributed by atoms with Crippen LogP contribution in [0.25, 0.3) is 11.1 Å². The highest BCUT2D eigenvalue weighted by Gasteiger charge is 2.39. The van der Waals surface area contributed by atoms with Gasteiger partial charge in [0.05, 0.1) is 18.8 Å². The summed E-state index contributed by atoms with van der Waals surface area (Å²) in [6.45, 7) is 4.12. The highest BCUT2D eigenvalue weighted by atomic mass is 16.7. The normalized spacial score (nSPS) is 18.0. The molecule has 1 fully saturated rings. The van der Waals surface area contributed by atoms with Crippen LogP contribution in [0, 0.1) is 5.92 Å². The SMILES string of the molecule is C[C@@H]1[C@H](CN(C)CCc2ccccn2)O[C@H](c2cccc(-c3cccc(CNC(=O)Nc4ccc(Oc5ccccc5)cc4)c3)c2)O[C@@H]1c1ccc(CO)cc1. The number of nitrogens with zero attached hydrogens (tertiary/aromatic N) is 2. The van der Waals surface area contributed by atoms with Crippen LogP contribution in [-0.2, 0) is 29.0 Å². The Balaban J connectivity index is 1.01. The maximum absolute atomic E-state index is 12.8. The van der Waals surface area contributed by atoms with Gasteiger partial charge in [0.25, 0.3) is 0 Å². The monoisotopic (exact) mass is 748 g/mol. The van der Waals surface area contributed by atoms with Crippen molar-refractivity contribution in [3.05, 3.63) is 180 Å². The van der Waals surface area contributed by atoms with Crippen LogP contribution in [0.5, 0.6) is 11.5 Å². The maximum atomic E-state index is 12.8. The molecule has 4 atom stereocenters. The van der Waals surface area contributed by atoms with E-state index >= 15 is 0 Å². The Hall–Kier alpha value is -5.84. The number of para-hydroxylation sites is 1. The number of aliphatic hydroxyl groups is 1. The van der Waals surface area contributed by atoms with Crippen molar-refractivity contribution in [2.24, 2.45) is 5.92 Å². The zero-order valence-corrected chi connectivity index (χ0v) is 31.8. The van der Waals surface area contributed by atoms with Gasteiger partial charge in [-0.2, -0.15) is 0 Å². The topological polar surface area (TPSA) is 105 Å². The van der Waals surface area contributed by atoms with E-state index in [1.807, 2.05) is 121 Å². The summed E-state index contributed by atoms with van der Waals surface area (Å²) >= 11 is 0. The molecule has 9 heteroatoms. The number of urea groups is 1. The van der Waals surface area contributed by atoms with Crippen molar-refractivity contribution in [3.8, 4) is 22.6 Å². The minimum Gasteiger partial charge on any atom is -0.457 e. The van der Waals surface area contributed by atoms with Crippen LogP contribution < -0.4 is 15.4 Å². The van der Waals surface area contributed by atoms with Gasteiger partial charge in [-0.25, -0.2) is 4.79 Å². The summed E-state index contributed by atoms with van der Waals surface area (Å²) in [6.07, 6.45) is 1.79. The molecule has 9 nitrogen and oxygen atoms in total. The van der Waals surface area contributed by atoms with Crippen molar-refractivity contribution >= 4 is 11.7 Å². The molecule has 1 aliphatic rings. The summed E-state index contributed by atoms with van der Waals surface area (Å²) in [4.78, 5) is 19.6. The number of aliphatic hydroxyl groups excluding tert-OH is 1. The average molecular weight is 749 g/mol. The number of hydrogen-bond donors (Lipinski definition) is 3. The van der Waals surface area contributed by atoms with Gasteiger partial charge in [-0.15, -0.1) is 0 Å². The van der Waals surface area contributed by atoms with Gasteiger partial charge >= 0.3 is 6.03 Å². The van der Waals surface area contributed by atoms with E-state index in [0.29, 0.717) is 18.0 Å². The number of hydrogen-bond acceptors (Lipinski definition) is 7. The van der Waals surface area contributed by atoms with Crippen LogP contribution in [0.1, 0.15) is 47.3 Å². The molecule has 3 N–H and O–H groups in total. The number of ether oxygens (including phenoxy) is 3. The predicted octanol–water partition coefficient (Wildman–Crippen LogP) is 9.32. The Kier molecular flexibility index (Phi) is 12.8. The third-order valence-corrected chi connectivity index (χ3v) is 10.1. The van der Waals surface area contributed by atoms with Crippen molar-refractivity contribution < 1.29 is 24.1 Å². The summed E-state index contributed by atoms with van der Waals surface area (Å²) in [6, 6.07) is 47.0. The summed E-state index contributed by atoms with van der Waals surface area (Å²) in [7, 11) is 2.13. The van der Waals surface area contributed by atoms with Crippen LogP contribution in [-0.4, -0.2) is 47.3 Å². The number of rotatable bonds is 14. The van der Waals surface area contributed by atoms with Gasteiger partial charge in [-0.1, -0.05) is 91.9 Å². The van der Waals surface area contributed by atoms with Gasteiger partial charge < -0.3 is 34.9 Å². The van der Waals surface area contributed by atoms with Crippen LogP contribution in [0.3, 0.4) is 0 Å². The number of pyridine rings is 1. The number of likely N-dealkylation sites (N-methyl/N-ethyl adjacent to an activating group) is 1. The highest BCUT2D eigenvalue weighted by molar-refractivity contribution is 5.89. The van der Waals surface area contributed by atoms with Gasteiger partial charge in [0, 0.05) is 55.1 Å². The quantitative estimate of drug-likeness (QED) is 0.102. The molecule has 56 heavy (non-hydrogen) atoms. The fourth-order valence-corrected chi connectivity index (χ4v) is 6.89. The Morgan fingerprint density at radius 1 is 0.768 bits per heavy atom. The molecule has 6 aromatic rings. The molecular weight excluding hydrogens is 701 g/mol. The Labute approximate surface area is 328 Å². The zero-order valence-electron chi connectivity index (χ0n) is 31.8. The molecule has 286 valence electrons. The lowest BCUT2D eigenvalue weighted by Gasteiger charge is -2.42. The lowest BCUT2D eigenvalue weighted by atomic mass is 9.90. The van der Waals surface area contributed by atoms with Gasteiger partial charge in [-0.3, -0.25) is 4.98 Å².